The Morgan fingerprint density at radius 1 is 1.11 bits per heavy atom. The molecule has 1 aromatic heterocycles. The molecule has 0 bridgehead atoms. The summed E-state index contributed by atoms with van der Waals surface area (Å²) in [7, 11) is 3.84. The zero-order valence-electron chi connectivity index (χ0n) is 10.6. The molecule has 0 fully saturated rings. The highest BCUT2D eigenvalue weighted by molar-refractivity contribution is 5.55. The van der Waals surface area contributed by atoms with E-state index in [-0.39, 0.29) is 5.82 Å². The molecule has 0 aliphatic heterocycles. The summed E-state index contributed by atoms with van der Waals surface area (Å²) in [6.45, 7) is 1.91. The summed E-state index contributed by atoms with van der Waals surface area (Å²) in [4.78, 5) is 10.6. The van der Waals surface area contributed by atoms with Crippen molar-refractivity contribution in [1.29, 1.82) is 0 Å². The summed E-state index contributed by atoms with van der Waals surface area (Å²) >= 11 is 0. The van der Waals surface area contributed by atoms with E-state index in [1.807, 2.05) is 32.0 Å². The second-order valence-electron chi connectivity index (χ2n) is 4.22. The smallest absolute Gasteiger partial charge is 0.229 e. The topological polar surface area (TPSA) is 41.1 Å². The lowest BCUT2D eigenvalue weighted by molar-refractivity contribution is 0.628. The summed E-state index contributed by atoms with van der Waals surface area (Å²) in [5.74, 6) is 1.07. The monoisotopic (exact) mass is 246 g/mol. The predicted octanol–water partition coefficient (Wildman–Crippen LogP) is 2.73. The lowest BCUT2D eigenvalue weighted by Gasteiger charge is -2.13. The standard InChI is InChI=1S/C13H15FN4/c1-9-8-12(18(2)3)17-13(15-9)16-11-6-4-10(14)5-7-11/h4-8H,1-3H3,(H,15,16,17). The fourth-order valence-electron chi connectivity index (χ4n) is 1.50. The van der Waals surface area contributed by atoms with E-state index in [0.717, 1.165) is 17.2 Å². The summed E-state index contributed by atoms with van der Waals surface area (Å²) in [6.07, 6.45) is 0. The van der Waals surface area contributed by atoms with E-state index < -0.39 is 0 Å². The van der Waals surface area contributed by atoms with Gasteiger partial charge in [0.05, 0.1) is 0 Å². The molecule has 1 heterocycles. The van der Waals surface area contributed by atoms with Gasteiger partial charge < -0.3 is 10.2 Å². The molecule has 18 heavy (non-hydrogen) atoms. The molecule has 5 heteroatoms. The molecule has 0 atom stereocenters. The first-order valence-corrected chi connectivity index (χ1v) is 5.60. The second kappa shape index (κ2) is 5.00. The SMILES string of the molecule is Cc1cc(N(C)C)nc(Nc2ccc(F)cc2)n1. The fourth-order valence-corrected chi connectivity index (χ4v) is 1.50. The minimum atomic E-state index is -0.264. The third-order valence-electron chi connectivity index (χ3n) is 2.40. The van der Waals surface area contributed by atoms with Crippen molar-refractivity contribution in [3.63, 3.8) is 0 Å². The average molecular weight is 246 g/mol. The summed E-state index contributed by atoms with van der Waals surface area (Å²) < 4.78 is 12.8. The number of nitrogens with zero attached hydrogens (tertiary/aromatic N) is 3. The third kappa shape index (κ3) is 2.94. The van der Waals surface area contributed by atoms with E-state index in [1.165, 1.54) is 12.1 Å². The third-order valence-corrected chi connectivity index (χ3v) is 2.40. The quantitative estimate of drug-likeness (QED) is 0.904. The maximum absolute atomic E-state index is 12.8. The van der Waals surface area contributed by atoms with Gasteiger partial charge in [-0.15, -0.1) is 0 Å². The molecular formula is C13H15FN4. The maximum atomic E-state index is 12.8. The van der Waals surface area contributed by atoms with Crippen molar-refractivity contribution in [1.82, 2.24) is 9.97 Å². The predicted molar refractivity (Wildman–Crippen MR) is 70.8 cm³/mol. The van der Waals surface area contributed by atoms with Crippen molar-refractivity contribution in [2.45, 2.75) is 6.92 Å². The van der Waals surface area contributed by atoms with Crippen LogP contribution in [0.15, 0.2) is 30.3 Å². The Labute approximate surface area is 105 Å². The van der Waals surface area contributed by atoms with Gasteiger partial charge in [0.2, 0.25) is 5.95 Å². The maximum Gasteiger partial charge on any atom is 0.229 e. The largest absolute Gasteiger partial charge is 0.363 e. The number of benzene rings is 1. The molecule has 0 unspecified atom stereocenters. The van der Waals surface area contributed by atoms with Crippen molar-refractivity contribution >= 4 is 17.5 Å². The van der Waals surface area contributed by atoms with Gasteiger partial charge in [0.15, 0.2) is 0 Å². The minimum Gasteiger partial charge on any atom is -0.363 e. The van der Waals surface area contributed by atoms with Gasteiger partial charge in [-0.25, -0.2) is 9.37 Å². The Hall–Kier alpha value is -2.17. The lowest BCUT2D eigenvalue weighted by atomic mass is 10.3. The Morgan fingerprint density at radius 2 is 1.78 bits per heavy atom. The van der Waals surface area contributed by atoms with Gasteiger partial charge in [-0.05, 0) is 31.2 Å². The molecule has 0 amide bonds. The van der Waals surface area contributed by atoms with Gasteiger partial charge in [-0.2, -0.15) is 4.98 Å². The van der Waals surface area contributed by atoms with E-state index in [9.17, 15) is 4.39 Å². The van der Waals surface area contributed by atoms with Crippen molar-refractivity contribution in [3.8, 4) is 0 Å². The van der Waals surface area contributed by atoms with Crippen LogP contribution >= 0.6 is 0 Å². The van der Waals surface area contributed by atoms with Gasteiger partial charge in [0.1, 0.15) is 11.6 Å². The highest BCUT2D eigenvalue weighted by atomic mass is 19.1. The molecule has 4 nitrogen and oxygen atoms in total. The number of hydrogen-bond donors (Lipinski definition) is 1. The first kappa shape index (κ1) is 12.3. The zero-order valence-corrected chi connectivity index (χ0v) is 10.6. The van der Waals surface area contributed by atoms with Gasteiger partial charge in [0.25, 0.3) is 0 Å². The Balaban J connectivity index is 2.26. The van der Waals surface area contributed by atoms with E-state index in [4.69, 9.17) is 0 Å². The number of halogens is 1. The first-order valence-electron chi connectivity index (χ1n) is 5.60. The van der Waals surface area contributed by atoms with Crippen LogP contribution in [-0.4, -0.2) is 24.1 Å². The highest BCUT2D eigenvalue weighted by Crippen LogP contribution is 2.17. The van der Waals surface area contributed by atoms with Crippen LogP contribution in [0.2, 0.25) is 0 Å². The van der Waals surface area contributed by atoms with Crippen LogP contribution in [0, 0.1) is 12.7 Å². The van der Waals surface area contributed by atoms with E-state index >= 15 is 0 Å². The zero-order chi connectivity index (χ0) is 13.1. The number of hydrogen-bond acceptors (Lipinski definition) is 4. The number of aryl methyl sites for hydroxylation is 1. The van der Waals surface area contributed by atoms with Crippen LogP contribution in [0.25, 0.3) is 0 Å². The summed E-state index contributed by atoms with van der Waals surface area (Å²) in [6, 6.07) is 7.98. The minimum absolute atomic E-state index is 0.264. The van der Waals surface area contributed by atoms with Crippen LogP contribution < -0.4 is 10.2 Å². The molecule has 1 aromatic carbocycles. The molecule has 0 radical (unpaired) electrons. The molecule has 0 aliphatic rings. The number of nitrogens with one attached hydrogen (secondary N) is 1. The molecular weight excluding hydrogens is 231 g/mol. The van der Waals surface area contributed by atoms with Crippen molar-refractivity contribution in [2.24, 2.45) is 0 Å². The molecule has 0 saturated carbocycles. The number of aromatic nitrogens is 2. The second-order valence-corrected chi connectivity index (χ2v) is 4.22. The van der Waals surface area contributed by atoms with Crippen molar-refractivity contribution in [3.05, 3.63) is 41.8 Å². The molecule has 0 saturated heterocycles. The normalized spacial score (nSPS) is 10.2. The van der Waals surface area contributed by atoms with Crippen molar-refractivity contribution in [2.75, 3.05) is 24.3 Å². The van der Waals surface area contributed by atoms with Crippen LogP contribution in [0.3, 0.4) is 0 Å². The Bertz CT molecular complexity index is 537. The molecule has 94 valence electrons. The molecule has 1 N–H and O–H groups in total. The van der Waals surface area contributed by atoms with E-state index in [0.29, 0.717) is 5.95 Å². The number of rotatable bonds is 3. The Kier molecular flexibility index (Phi) is 3.41. The average Bonchev–Trinajstić information content (AvgIpc) is 2.31. The van der Waals surface area contributed by atoms with Crippen molar-refractivity contribution < 1.29 is 4.39 Å². The molecule has 2 aromatic rings. The lowest BCUT2D eigenvalue weighted by Crippen LogP contribution is -2.12. The van der Waals surface area contributed by atoms with Gasteiger partial charge in [-0.1, -0.05) is 0 Å². The first-order chi connectivity index (χ1) is 8.54. The van der Waals surface area contributed by atoms with Crippen LogP contribution in [0.5, 0.6) is 0 Å². The van der Waals surface area contributed by atoms with Gasteiger partial charge in [0, 0.05) is 31.5 Å². The van der Waals surface area contributed by atoms with Gasteiger partial charge >= 0.3 is 0 Å². The fraction of sp³-hybridized carbons (Fsp3) is 0.231. The van der Waals surface area contributed by atoms with Crippen LogP contribution in [0.1, 0.15) is 5.69 Å². The molecule has 2 rings (SSSR count). The van der Waals surface area contributed by atoms with Crippen LogP contribution in [0.4, 0.5) is 21.8 Å². The molecule has 0 spiro atoms. The number of anilines is 3. The Morgan fingerprint density at radius 3 is 2.39 bits per heavy atom. The molecule has 0 aliphatic carbocycles. The highest BCUT2D eigenvalue weighted by Gasteiger charge is 2.04. The summed E-state index contributed by atoms with van der Waals surface area (Å²) in [5.41, 5.74) is 1.63. The van der Waals surface area contributed by atoms with Crippen LogP contribution in [-0.2, 0) is 0 Å². The van der Waals surface area contributed by atoms with E-state index in [2.05, 4.69) is 15.3 Å². The van der Waals surface area contributed by atoms with Gasteiger partial charge in [-0.3, -0.25) is 0 Å². The summed E-state index contributed by atoms with van der Waals surface area (Å²) in [5, 5.41) is 3.05. The van der Waals surface area contributed by atoms with E-state index in [1.54, 1.807) is 12.1 Å².